The van der Waals surface area contributed by atoms with Crippen LogP contribution >= 0.6 is 0 Å². The molecule has 1 aliphatic heterocycles. The Hall–Kier alpha value is -1.51. The lowest BCUT2D eigenvalue weighted by atomic mass is 10.2. The van der Waals surface area contributed by atoms with E-state index in [-0.39, 0.29) is 0 Å². The molecule has 0 aliphatic carbocycles. The fourth-order valence-corrected chi connectivity index (χ4v) is 0.766. The van der Waals surface area contributed by atoms with Crippen LogP contribution in [0.1, 0.15) is 6.92 Å². The summed E-state index contributed by atoms with van der Waals surface area (Å²) >= 11 is 0. The van der Waals surface area contributed by atoms with Crippen LogP contribution in [-0.4, -0.2) is 6.21 Å². The normalized spacial score (nSPS) is 20.5. The van der Waals surface area contributed by atoms with Gasteiger partial charge in [-0.25, -0.2) is 0 Å². The van der Waals surface area contributed by atoms with Crippen molar-refractivity contribution in [1.29, 1.82) is 0 Å². The predicted octanol–water partition coefficient (Wildman–Crippen LogP) is 0.878. The molecule has 0 fully saturated rings. The molecule has 0 saturated heterocycles. The summed E-state index contributed by atoms with van der Waals surface area (Å²) in [6.07, 6.45) is 9.05. The molecule has 3 heteroatoms. The van der Waals surface area contributed by atoms with Crippen LogP contribution in [0.5, 0.6) is 0 Å². The van der Waals surface area contributed by atoms with Gasteiger partial charge in [-0.2, -0.15) is 5.10 Å². The second-order valence-corrected chi connectivity index (χ2v) is 2.13. The van der Waals surface area contributed by atoms with E-state index >= 15 is 0 Å². The molecule has 1 aliphatic rings. The molecular weight excluding hydrogens is 138 g/mol. The number of rotatable bonds is 1. The van der Waals surface area contributed by atoms with Crippen molar-refractivity contribution >= 4 is 6.21 Å². The molecule has 0 aromatic carbocycles. The third-order valence-corrected chi connectivity index (χ3v) is 1.30. The summed E-state index contributed by atoms with van der Waals surface area (Å²) in [7, 11) is 0. The van der Waals surface area contributed by atoms with Crippen molar-refractivity contribution in [2.24, 2.45) is 10.8 Å². The van der Waals surface area contributed by atoms with Crippen LogP contribution in [0.15, 0.2) is 40.8 Å². The number of allylic oxidation sites excluding steroid dienone is 4. The van der Waals surface area contributed by atoms with Crippen molar-refractivity contribution in [1.82, 2.24) is 5.43 Å². The molecule has 0 spiro atoms. The van der Waals surface area contributed by atoms with Gasteiger partial charge < -0.3 is 5.73 Å². The third-order valence-electron chi connectivity index (χ3n) is 1.30. The SMILES string of the molecule is C/C=C\C(N)=C1C=CNN=C1. The zero-order valence-electron chi connectivity index (χ0n) is 6.41. The first-order valence-corrected chi connectivity index (χ1v) is 3.42. The first kappa shape index (κ1) is 7.60. The van der Waals surface area contributed by atoms with E-state index in [2.05, 4.69) is 10.5 Å². The average molecular weight is 149 g/mol. The molecule has 0 radical (unpaired) electrons. The molecule has 3 N–H and O–H groups in total. The molecule has 0 unspecified atom stereocenters. The summed E-state index contributed by atoms with van der Waals surface area (Å²) in [6, 6.07) is 0. The average Bonchev–Trinajstić information content (AvgIpc) is 2.07. The number of nitrogens with one attached hydrogen (secondary N) is 1. The summed E-state index contributed by atoms with van der Waals surface area (Å²) in [5, 5.41) is 3.83. The minimum absolute atomic E-state index is 0.731. The van der Waals surface area contributed by atoms with E-state index in [1.54, 1.807) is 12.4 Å². The van der Waals surface area contributed by atoms with Gasteiger partial charge in [0.25, 0.3) is 0 Å². The molecule has 58 valence electrons. The zero-order valence-corrected chi connectivity index (χ0v) is 6.41. The zero-order chi connectivity index (χ0) is 8.10. The molecule has 3 nitrogen and oxygen atoms in total. The van der Waals surface area contributed by atoms with Gasteiger partial charge in [0.15, 0.2) is 0 Å². The first-order chi connectivity index (χ1) is 5.34. The smallest absolute Gasteiger partial charge is 0.0565 e. The van der Waals surface area contributed by atoms with Crippen LogP contribution in [0.3, 0.4) is 0 Å². The quantitative estimate of drug-likeness (QED) is 0.581. The predicted molar refractivity (Wildman–Crippen MR) is 46.8 cm³/mol. The van der Waals surface area contributed by atoms with Crippen LogP contribution < -0.4 is 11.2 Å². The molecule has 0 saturated carbocycles. The van der Waals surface area contributed by atoms with Crippen LogP contribution in [0, 0.1) is 0 Å². The molecular formula is C8H11N3. The summed E-state index contributed by atoms with van der Waals surface area (Å²) in [5.41, 5.74) is 10.0. The molecule has 1 rings (SSSR count). The Labute approximate surface area is 66.0 Å². The maximum Gasteiger partial charge on any atom is 0.0565 e. The van der Waals surface area contributed by atoms with Crippen molar-refractivity contribution in [3.63, 3.8) is 0 Å². The van der Waals surface area contributed by atoms with Crippen LogP contribution in [0.25, 0.3) is 0 Å². The number of nitrogens with two attached hydrogens (primary N) is 1. The highest BCUT2D eigenvalue weighted by molar-refractivity contribution is 5.84. The van der Waals surface area contributed by atoms with Crippen LogP contribution in [0.4, 0.5) is 0 Å². The lowest BCUT2D eigenvalue weighted by Crippen LogP contribution is -2.06. The van der Waals surface area contributed by atoms with Crippen molar-refractivity contribution in [3.05, 3.63) is 35.7 Å². The van der Waals surface area contributed by atoms with Crippen LogP contribution in [0.2, 0.25) is 0 Å². The topological polar surface area (TPSA) is 50.4 Å². The Kier molecular flexibility index (Phi) is 2.49. The Morgan fingerprint density at radius 3 is 3.09 bits per heavy atom. The van der Waals surface area contributed by atoms with Gasteiger partial charge >= 0.3 is 0 Å². The van der Waals surface area contributed by atoms with Gasteiger partial charge in [0.05, 0.1) is 6.21 Å². The van der Waals surface area contributed by atoms with Gasteiger partial charge in [-0.15, -0.1) is 0 Å². The van der Waals surface area contributed by atoms with E-state index in [0.717, 1.165) is 11.3 Å². The fourth-order valence-electron chi connectivity index (χ4n) is 0.766. The largest absolute Gasteiger partial charge is 0.398 e. The van der Waals surface area contributed by atoms with Gasteiger partial charge in [-0.1, -0.05) is 6.08 Å². The van der Waals surface area contributed by atoms with Crippen molar-refractivity contribution in [3.8, 4) is 0 Å². The van der Waals surface area contributed by atoms with E-state index in [4.69, 9.17) is 5.73 Å². The molecule has 11 heavy (non-hydrogen) atoms. The Balaban J connectivity index is 2.84. The lowest BCUT2D eigenvalue weighted by molar-refractivity contribution is 0.963. The van der Waals surface area contributed by atoms with Gasteiger partial charge in [0.1, 0.15) is 0 Å². The summed E-state index contributed by atoms with van der Waals surface area (Å²) in [6.45, 7) is 1.93. The maximum atomic E-state index is 5.68. The summed E-state index contributed by atoms with van der Waals surface area (Å²) in [5.74, 6) is 0. The number of hydrogen-bond acceptors (Lipinski definition) is 3. The first-order valence-electron chi connectivity index (χ1n) is 3.42. The van der Waals surface area contributed by atoms with Crippen molar-refractivity contribution in [2.75, 3.05) is 0 Å². The molecule has 1 heterocycles. The highest BCUT2D eigenvalue weighted by Crippen LogP contribution is 2.01. The van der Waals surface area contributed by atoms with E-state index in [1.165, 1.54) is 0 Å². The molecule has 0 aromatic heterocycles. The molecule has 0 aromatic rings. The van der Waals surface area contributed by atoms with E-state index in [9.17, 15) is 0 Å². The monoisotopic (exact) mass is 149 g/mol. The van der Waals surface area contributed by atoms with Crippen molar-refractivity contribution < 1.29 is 0 Å². The molecule has 0 bridgehead atoms. The standard InChI is InChI=1S/C8H11N3/c1-2-3-8(9)7-4-5-10-11-6-7/h2-6,10H,9H2,1H3/b3-2-,8-7?. The molecule has 0 amide bonds. The van der Waals surface area contributed by atoms with Gasteiger partial charge in [0, 0.05) is 17.5 Å². The third kappa shape index (κ3) is 1.97. The number of hydrazone groups is 1. The summed E-state index contributed by atoms with van der Waals surface area (Å²) < 4.78 is 0. The highest BCUT2D eigenvalue weighted by Gasteiger charge is 1.95. The van der Waals surface area contributed by atoms with E-state index < -0.39 is 0 Å². The van der Waals surface area contributed by atoms with Gasteiger partial charge in [-0.05, 0) is 19.1 Å². The second-order valence-electron chi connectivity index (χ2n) is 2.13. The maximum absolute atomic E-state index is 5.68. The van der Waals surface area contributed by atoms with Crippen molar-refractivity contribution in [2.45, 2.75) is 6.92 Å². The van der Waals surface area contributed by atoms with Gasteiger partial charge in [0.2, 0.25) is 0 Å². The highest BCUT2D eigenvalue weighted by atomic mass is 15.3. The van der Waals surface area contributed by atoms with Crippen LogP contribution in [-0.2, 0) is 0 Å². The van der Waals surface area contributed by atoms with E-state index in [1.807, 2.05) is 25.2 Å². The number of nitrogens with zero attached hydrogens (tertiary/aromatic N) is 1. The fraction of sp³-hybridized carbons (Fsp3) is 0.125. The van der Waals surface area contributed by atoms with Gasteiger partial charge in [-0.3, -0.25) is 5.43 Å². The minimum atomic E-state index is 0.731. The van der Waals surface area contributed by atoms with E-state index in [0.29, 0.717) is 0 Å². The molecule has 0 atom stereocenters. The minimum Gasteiger partial charge on any atom is -0.398 e. The number of hydrogen-bond donors (Lipinski definition) is 2. The Bertz CT molecular complexity index is 232. The summed E-state index contributed by atoms with van der Waals surface area (Å²) in [4.78, 5) is 0. The Morgan fingerprint density at radius 2 is 2.55 bits per heavy atom. The lowest BCUT2D eigenvalue weighted by Gasteiger charge is -2.02. The second kappa shape index (κ2) is 3.61. The Morgan fingerprint density at radius 1 is 1.73 bits per heavy atom.